The number of hydrogen-bond acceptors (Lipinski definition) is 4. The van der Waals surface area contributed by atoms with Crippen molar-refractivity contribution in [3.8, 4) is 0 Å². The molecule has 1 aromatic heterocycles. The zero-order valence-electron chi connectivity index (χ0n) is 17.6. The fourth-order valence-electron chi connectivity index (χ4n) is 2.61. The molecule has 0 aromatic carbocycles. The van der Waals surface area contributed by atoms with E-state index in [1.54, 1.807) is 0 Å². The summed E-state index contributed by atoms with van der Waals surface area (Å²) in [6, 6.07) is 2.18. The largest absolute Gasteiger partial charge is 0.474 e. The quantitative estimate of drug-likeness (QED) is 0.667. The average Bonchev–Trinajstić information content (AvgIpc) is 3.00. The molecule has 0 spiro atoms. The van der Waals surface area contributed by atoms with Crippen LogP contribution in [0.2, 0.25) is 37.8 Å². The first-order valence-electron chi connectivity index (χ1n) is 9.21. The van der Waals surface area contributed by atoms with Gasteiger partial charge in [0.2, 0.25) is 0 Å². The smallest absolute Gasteiger partial charge is 0.193 e. The second-order valence-electron chi connectivity index (χ2n) is 10.2. The third-order valence-electron chi connectivity index (χ3n) is 5.28. The van der Waals surface area contributed by atoms with E-state index in [-0.39, 0.29) is 17.2 Å². The van der Waals surface area contributed by atoms with Crippen LogP contribution in [0.3, 0.4) is 0 Å². The number of ether oxygens (including phenoxy) is 2. The van der Waals surface area contributed by atoms with E-state index >= 15 is 0 Å². The van der Waals surface area contributed by atoms with Crippen LogP contribution in [0.4, 0.5) is 0 Å². The highest BCUT2D eigenvalue weighted by Gasteiger charge is 2.45. The highest BCUT2D eigenvalue weighted by atomic mass is 28.4. The first-order valence-corrected chi connectivity index (χ1v) is 15.6. The van der Waals surface area contributed by atoms with Crippen LogP contribution in [0.15, 0.2) is 16.7 Å². The van der Waals surface area contributed by atoms with E-state index in [4.69, 9.17) is 18.3 Å². The zero-order valence-corrected chi connectivity index (χ0v) is 19.6. The molecule has 1 aliphatic rings. The molecule has 2 rings (SSSR count). The van der Waals surface area contributed by atoms with E-state index in [9.17, 15) is 0 Å². The highest BCUT2D eigenvalue weighted by molar-refractivity contribution is 6.87. The summed E-state index contributed by atoms with van der Waals surface area (Å²) in [5.74, 6) is -0.564. The first kappa shape index (κ1) is 20.9. The van der Waals surface area contributed by atoms with Gasteiger partial charge < -0.3 is 18.3 Å². The summed E-state index contributed by atoms with van der Waals surface area (Å²) in [5.41, 5.74) is 1.08. The van der Waals surface area contributed by atoms with Crippen molar-refractivity contribution in [3.63, 3.8) is 0 Å². The molecule has 1 fully saturated rings. The number of hydrogen-bond donors (Lipinski definition) is 0. The van der Waals surface area contributed by atoms with Gasteiger partial charge in [-0.3, -0.25) is 0 Å². The first-order chi connectivity index (χ1) is 11.1. The van der Waals surface area contributed by atoms with Crippen LogP contribution in [0.1, 0.15) is 46.3 Å². The predicted molar refractivity (Wildman–Crippen MR) is 108 cm³/mol. The summed E-state index contributed by atoms with van der Waals surface area (Å²) in [6.07, 6.45) is 1.59. The third-order valence-corrected chi connectivity index (χ3v) is 11.5. The highest BCUT2D eigenvalue weighted by Crippen LogP contribution is 2.42. The van der Waals surface area contributed by atoms with Crippen molar-refractivity contribution in [3.05, 3.63) is 17.9 Å². The Kier molecular flexibility index (Phi) is 5.55. The third kappa shape index (κ3) is 4.86. The molecule has 1 aliphatic heterocycles. The van der Waals surface area contributed by atoms with E-state index < -0.39 is 22.2 Å². The monoisotopic (exact) mass is 384 g/mol. The van der Waals surface area contributed by atoms with E-state index in [0.29, 0.717) is 6.61 Å². The van der Waals surface area contributed by atoms with Crippen LogP contribution < -0.4 is 5.38 Å². The van der Waals surface area contributed by atoms with Gasteiger partial charge in [0, 0.05) is 5.56 Å². The number of furan rings is 1. The van der Waals surface area contributed by atoms with Gasteiger partial charge in [0.15, 0.2) is 14.1 Å². The van der Waals surface area contributed by atoms with Crippen LogP contribution >= 0.6 is 0 Å². The lowest BCUT2D eigenvalue weighted by Crippen LogP contribution is -2.44. The van der Waals surface area contributed by atoms with E-state index in [2.05, 4.69) is 59.6 Å². The molecule has 2 atom stereocenters. The Balaban J connectivity index is 2.35. The van der Waals surface area contributed by atoms with Gasteiger partial charge >= 0.3 is 0 Å². The van der Waals surface area contributed by atoms with Crippen molar-refractivity contribution < 1.29 is 18.3 Å². The Hall–Kier alpha value is -0.406. The molecule has 0 N–H and O–H groups in total. The zero-order chi connectivity index (χ0) is 19.3. The van der Waals surface area contributed by atoms with Crippen LogP contribution in [-0.4, -0.2) is 34.9 Å². The average molecular weight is 385 g/mol. The molecule has 2 heterocycles. The summed E-state index contributed by atoms with van der Waals surface area (Å²) in [5, 5.41) is 1.23. The minimum absolute atomic E-state index is 0.115. The lowest BCUT2D eigenvalue weighted by atomic mass is 10.1. The SMILES string of the molecule is CC1(C)OC[C@H]([C@H](O[Si](C)(C)C(C)(C)C)c2coc([Si](C)(C)C)c2)O1. The Morgan fingerprint density at radius 2 is 1.76 bits per heavy atom. The molecular weight excluding hydrogens is 348 g/mol. The Morgan fingerprint density at radius 3 is 2.16 bits per heavy atom. The second kappa shape index (κ2) is 6.64. The predicted octanol–water partition coefficient (Wildman–Crippen LogP) is 5.04. The molecule has 1 saturated heterocycles. The molecule has 0 aliphatic carbocycles. The maximum atomic E-state index is 6.78. The summed E-state index contributed by atoms with van der Waals surface area (Å²) < 4.78 is 24.7. The van der Waals surface area contributed by atoms with Gasteiger partial charge in [-0.1, -0.05) is 40.4 Å². The minimum Gasteiger partial charge on any atom is -0.474 e. The van der Waals surface area contributed by atoms with E-state index in [1.807, 2.05) is 20.1 Å². The molecule has 0 amide bonds. The van der Waals surface area contributed by atoms with Crippen molar-refractivity contribution >= 4 is 21.8 Å². The summed E-state index contributed by atoms with van der Waals surface area (Å²) in [6.45, 7) is 22.7. The van der Waals surface area contributed by atoms with Gasteiger partial charge in [0.05, 0.1) is 18.3 Å². The van der Waals surface area contributed by atoms with Crippen molar-refractivity contribution in [1.82, 2.24) is 0 Å². The van der Waals surface area contributed by atoms with Crippen molar-refractivity contribution in [1.29, 1.82) is 0 Å². The Bertz CT molecular complexity index is 593. The maximum absolute atomic E-state index is 6.78. The molecule has 1 aromatic rings. The molecule has 0 unspecified atom stereocenters. The number of rotatable bonds is 5. The van der Waals surface area contributed by atoms with Crippen LogP contribution in [-0.2, 0) is 13.9 Å². The topological polar surface area (TPSA) is 40.8 Å². The summed E-state index contributed by atoms with van der Waals surface area (Å²) in [4.78, 5) is 0. The Morgan fingerprint density at radius 1 is 1.16 bits per heavy atom. The molecule has 0 saturated carbocycles. The lowest BCUT2D eigenvalue weighted by Gasteiger charge is -2.40. The van der Waals surface area contributed by atoms with Crippen LogP contribution in [0, 0.1) is 0 Å². The summed E-state index contributed by atoms with van der Waals surface area (Å²) >= 11 is 0. The molecular formula is C19H36O4Si2. The van der Waals surface area contributed by atoms with Gasteiger partial charge in [0.1, 0.15) is 20.3 Å². The molecule has 0 bridgehead atoms. The minimum atomic E-state index is -1.97. The van der Waals surface area contributed by atoms with Gasteiger partial charge in [0.25, 0.3) is 0 Å². The fraction of sp³-hybridized carbons (Fsp3) is 0.789. The van der Waals surface area contributed by atoms with Gasteiger partial charge in [-0.25, -0.2) is 0 Å². The fourth-order valence-corrected chi connectivity index (χ4v) is 4.90. The van der Waals surface area contributed by atoms with E-state index in [0.717, 1.165) is 10.9 Å². The van der Waals surface area contributed by atoms with Crippen LogP contribution in [0.5, 0.6) is 0 Å². The molecule has 0 radical (unpaired) electrons. The Labute approximate surface area is 155 Å². The van der Waals surface area contributed by atoms with E-state index in [1.165, 1.54) is 0 Å². The van der Waals surface area contributed by atoms with Gasteiger partial charge in [-0.2, -0.15) is 0 Å². The van der Waals surface area contributed by atoms with Crippen molar-refractivity contribution in [2.45, 2.75) is 90.4 Å². The van der Waals surface area contributed by atoms with Crippen molar-refractivity contribution in [2.24, 2.45) is 0 Å². The lowest BCUT2D eigenvalue weighted by molar-refractivity contribution is -0.150. The normalized spacial score (nSPS) is 23.0. The maximum Gasteiger partial charge on any atom is 0.193 e. The standard InChI is InChI=1S/C19H36O4Si2/c1-18(2,3)25(9,10)23-17(15-13-21-19(4,5)22-15)14-11-16(20-12-14)24(6,7)8/h11-12,15,17H,13H2,1-10H3/t15-,17-/m1/s1. The van der Waals surface area contributed by atoms with Crippen molar-refractivity contribution in [2.75, 3.05) is 6.61 Å². The van der Waals surface area contributed by atoms with Crippen LogP contribution in [0.25, 0.3) is 0 Å². The molecule has 25 heavy (non-hydrogen) atoms. The van der Waals surface area contributed by atoms with Gasteiger partial charge in [-0.05, 0) is 38.0 Å². The molecule has 144 valence electrons. The molecule has 6 heteroatoms. The van der Waals surface area contributed by atoms with Gasteiger partial charge in [-0.15, -0.1) is 0 Å². The second-order valence-corrected chi connectivity index (χ2v) is 19.9. The summed E-state index contributed by atoms with van der Waals surface area (Å²) in [7, 11) is -3.47. The molecule has 4 nitrogen and oxygen atoms in total.